The van der Waals surface area contributed by atoms with E-state index in [-0.39, 0.29) is 5.41 Å². The molecule has 1 aromatic heterocycles. The highest BCUT2D eigenvalue weighted by Gasteiger charge is 2.43. The number of likely N-dealkylation sites (tertiary alicyclic amines) is 1. The van der Waals surface area contributed by atoms with E-state index in [1.165, 1.54) is 61.6 Å². The number of nitrogens with one attached hydrogen (secondary N) is 1. The standard InChI is InChI=1S/C20H30N2OS2/c23-19(20(8-1-2-9-20)18-4-3-12-25-18)21-14-16-5-10-22(11-6-16)17-7-13-24-15-17/h3-4,12,16-17H,1-2,5-11,13-15H2,(H,21,23). The first-order chi connectivity index (χ1) is 12.3. The zero-order valence-electron chi connectivity index (χ0n) is 15.0. The number of nitrogens with zero attached hydrogens (tertiary/aromatic N) is 1. The van der Waals surface area contributed by atoms with Crippen molar-refractivity contribution in [2.75, 3.05) is 31.1 Å². The van der Waals surface area contributed by atoms with Crippen LogP contribution in [0.1, 0.15) is 49.8 Å². The van der Waals surface area contributed by atoms with E-state index in [1.807, 2.05) is 0 Å². The monoisotopic (exact) mass is 378 g/mol. The van der Waals surface area contributed by atoms with Crippen LogP contribution in [0.25, 0.3) is 0 Å². The van der Waals surface area contributed by atoms with Crippen LogP contribution in [0.4, 0.5) is 0 Å². The van der Waals surface area contributed by atoms with Gasteiger partial charge in [-0.15, -0.1) is 11.3 Å². The molecule has 2 aliphatic heterocycles. The van der Waals surface area contributed by atoms with Crippen LogP contribution < -0.4 is 5.32 Å². The Morgan fingerprint density at radius 1 is 1.24 bits per heavy atom. The van der Waals surface area contributed by atoms with Crippen LogP contribution >= 0.6 is 23.1 Å². The molecule has 3 heterocycles. The summed E-state index contributed by atoms with van der Waals surface area (Å²) in [6, 6.07) is 5.07. The number of carbonyl (C=O) groups is 1. The molecule has 1 amide bonds. The van der Waals surface area contributed by atoms with E-state index >= 15 is 0 Å². The van der Waals surface area contributed by atoms with Gasteiger partial charge in [0.1, 0.15) is 0 Å². The molecule has 0 aromatic carbocycles. The van der Waals surface area contributed by atoms with Gasteiger partial charge in [-0.05, 0) is 68.3 Å². The van der Waals surface area contributed by atoms with Crippen LogP contribution in [0.3, 0.4) is 0 Å². The smallest absolute Gasteiger partial charge is 0.231 e. The Labute approximate surface area is 159 Å². The number of hydrogen-bond donors (Lipinski definition) is 1. The Morgan fingerprint density at radius 3 is 2.68 bits per heavy atom. The van der Waals surface area contributed by atoms with Gasteiger partial charge in [0.15, 0.2) is 0 Å². The van der Waals surface area contributed by atoms with Gasteiger partial charge in [-0.3, -0.25) is 9.69 Å². The molecule has 1 unspecified atom stereocenters. The lowest BCUT2D eigenvalue weighted by Gasteiger charge is -2.36. The highest BCUT2D eigenvalue weighted by molar-refractivity contribution is 7.99. The van der Waals surface area contributed by atoms with Gasteiger partial charge in [0.25, 0.3) is 0 Å². The molecule has 0 bridgehead atoms. The van der Waals surface area contributed by atoms with Crippen molar-refractivity contribution in [1.29, 1.82) is 0 Å². The summed E-state index contributed by atoms with van der Waals surface area (Å²) < 4.78 is 0. The second-order valence-electron chi connectivity index (χ2n) is 7.97. The third-order valence-corrected chi connectivity index (χ3v) is 8.73. The summed E-state index contributed by atoms with van der Waals surface area (Å²) in [6.07, 6.45) is 8.27. The van der Waals surface area contributed by atoms with Crippen LogP contribution in [0.5, 0.6) is 0 Å². The van der Waals surface area contributed by atoms with Gasteiger partial charge in [-0.2, -0.15) is 11.8 Å². The number of amides is 1. The lowest BCUT2D eigenvalue weighted by atomic mass is 9.83. The second-order valence-corrected chi connectivity index (χ2v) is 10.1. The largest absolute Gasteiger partial charge is 0.355 e. The van der Waals surface area contributed by atoms with E-state index < -0.39 is 0 Å². The SMILES string of the molecule is O=C(NCC1CCN(C2CCSC2)CC1)C1(c2cccs2)CCCC1. The van der Waals surface area contributed by atoms with Crippen LogP contribution in [0.2, 0.25) is 0 Å². The zero-order chi connectivity index (χ0) is 17.1. The molecule has 1 N–H and O–H groups in total. The predicted molar refractivity (Wildman–Crippen MR) is 108 cm³/mol. The third kappa shape index (κ3) is 3.79. The van der Waals surface area contributed by atoms with Crippen LogP contribution in [0, 0.1) is 5.92 Å². The summed E-state index contributed by atoms with van der Waals surface area (Å²) in [5.41, 5.74) is -0.226. The molecule has 5 heteroatoms. The Kier molecular flexibility index (Phi) is 5.73. The molecule has 3 nitrogen and oxygen atoms in total. The fourth-order valence-electron chi connectivity index (χ4n) is 4.85. The molecule has 1 saturated carbocycles. The van der Waals surface area contributed by atoms with E-state index in [2.05, 4.69) is 39.5 Å². The van der Waals surface area contributed by atoms with E-state index in [1.54, 1.807) is 11.3 Å². The number of thiophene rings is 1. The minimum Gasteiger partial charge on any atom is -0.355 e. The van der Waals surface area contributed by atoms with Crippen molar-refractivity contribution in [1.82, 2.24) is 10.2 Å². The molecule has 1 atom stereocenters. The molecule has 25 heavy (non-hydrogen) atoms. The number of carbonyl (C=O) groups excluding carboxylic acids is 1. The maximum Gasteiger partial charge on any atom is 0.231 e. The normalized spacial score (nSPS) is 27.6. The van der Waals surface area contributed by atoms with Gasteiger partial charge in [0.05, 0.1) is 5.41 Å². The lowest BCUT2D eigenvalue weighted by molar-refractivity contribution is -0.126. The summed E-state index contributed by atoms with van der Waals surface area (Å²) in [7, 11) is 0. The van der Waals surface area contributed by atoms with Crippen molar-refractivity contribution in [3.8, 4) is 0 Å². The van der Waals surface area contributed by atoms with Crippen LogP contribution in [-0.2, 0) is 10.2 Å². The minimum absolute atomic E-state index is 0.226. The Balaban J connectivity index is 1.29. The second kappa shape index (κ2) is 8.01. The molecule has 1 aliphatic carbocycles. The van der Waals surface area contributed by atoms with E-state index in [0.29, 0.717) is 11.8 Å². The summed E-state index contributed by atoms with van der Waals surface area (Å²) in [5, 5.41) is 5.46. The highest BCUT2D eigenvalue weighted by atomic mass is 32.2. The number of thioether (sulfide) groups is 1. The van der Waals surface area contributed by atoms with Gasteiger partial charge in [0.2, 0.25) is 5.91 Å². The molecule has 3 fully saturated rings. The van der Waals surface area contributed by atoms with Crippen molar-refractivity contribution in [3.05, 3.63) is 22.4 Å². The Bertz CT molecular complexity index is 554. The van der Waals surface area contributed by atoms with E-state index in [0.717, 1.165) is 25.4 Å². The fraction of sp³-hybridized carbons (Fsp3) is 0.750. The molecular formula is C20H30N2OS2. The van der Waals surface area contributed by atoms with Crippen LogP contribution in [-0.4, -0.2) is 48.0 Å². The van der Waals surface area contributed by atoms with Crippen molar-refractivity contribution in [3.63, 3.8) is 0 Å². The van der Waals surface area contributed by atoms with Gasteiger partial charge >= 0.3 is 0 Å². The molecule has 0 spiro atoms. The lowest BCUT2D eigenvalue weighted by Crippen LogP contribution is -2.47. The maximum absolute atomic E-state index is 13.1. The van der Waals surface area contributed by atoms with E-state index in [9.17, 15) is 4.79 Å². The number of hydrogen-bond acceptors (Lipinski definition) is 4. The highest BCUT2D eigenvalue weighted by Crippen LogP contribution is 2.43. The van der Waals surface area contributed by atoms with Crippen molar-refractivity contribution in [2.24, 2.45) is 5.92 Å². The van der Waals surface area contributed by atoms with Gasteiger partial charge in [0, 0.05) is 23.2 Å². The van der Waals surface area contributed by atoms with Gasteiger partial charge in [-0.25, -0.2) is 0 Å². The molecule has 3 aliphatic rings. The average Bonchev–Trinajstić information content (AvgIpc) is 3.42. The Morgan fingerprint density at radius 2 is 2.04 bits per heavy atom. The summed E-state index contributed by atoms with van der Waals surface area (Å²) in [4.78, 5) is 17.0. The van der Waals surface area contributed by atoms with Crippen molar-refractivity contribution in [2.45, 2.75) is 56.4 Å². The Hall–Kier alpha value is -0.520. The third-order valence-electron chi connectivity index (χ3n) is 6.51. The summed E-state index contributed by atoms with van der Waals surface area (Å²) in [6.45, 7) is 3.32. The molecule has 138 valence electrons. The van der Waals surface area contributed by atoms with Crippen molar-refractivity contribution < 1.29 is 4.79 Å². The quantitative estimate of drug-likeness (QED) is 0.843. The first kappa shape index (κ1) is 17.9. The first-order valence-corrected chi connectivity index (χ1v) is 12.0. The number of rotatable bonds is 5. The predicted octanol–water partition coefficient (Wildman–Crippen LogP) is 3.89. The molecule has 4 rings (SSSR count). The zero-order valence-corrected chi connectivity index (χ0v) is 16.7. The van der Waals surface area contributed by atoms with Gasteiger partial charge < -0.3 is 5.32 Å². The average molecular weight is 379 g/mol. The number of piperidine rings is 1. The van der Waals surface area contributed by atoms with Gasteiger partial charge in [-0.1, -0.05) is 18.9 Å². The molecule has 1 aromatic rings. The summed E-state index contributed by atoms with van der Waals surface area (Å²) in [5.74, 6) is 3.62. The fourth-order valence-corrected chi connectivity index (χ4v) is 7.09. The first-order valence-electron chi connectivity index (χ1n) is 9.92. The molecule has 2 saturated heterocycles. The molecular weight excluding hydrogens is 348 g/mol. The van der Waals surface area contributed by atoms with Crippen LogP contribution in [0.15, 0.2) is 17.5 Å². The summed E-state index contributed by atoms with van der Waals surface area (Å²) >= 11 is 3.86. The minimum atomic E-state index is -0.226. The topological polar surface area (TPSA) is 32.3 Å². The van der Waals surface area contributed by atoms with E-state index in [4.69, 9.17) is 0 Å². The maximum atomic E-state index is 13.1. The molecule has 0 radical (unpaired) electrons. The van der Waals surface area contributed by atoms with Crippen molar-refractivity contribution >= 4 is 29.0 Å².